The van der Waals surface area contributed by atoms with Crippen LogP contribution in [0.2, 0.25) is 0 Å². The van der Waals surface area contributed by atoms with Crippen LogP contribution in [0.1, 0.15) is 44.4 Å². The second-order valence-corrected chi connectivity index (χ2v) is 4.65. The number of rotatable bonds is 9. The highest BCUT2D eigenvalue weighted by atomic mass is 16.3. The number of hydrogen-bond donors (Lipinski definition) is 1. The van der Waals surface area contributed by atoms with Crippen molar-refractivity contribution in [2.75, 3.05) is 20.1 Å². The van der Waals surface area contributed by atoms with E-state index in [0.717, 1.165) is 31.9 Å². The molecule has 0 aliphatic rings. The first-order valence-electron chi connectivity index (χ1n) is 6.71. The summed E-state index contributed by atoms with van der Waals surface area (Å²) in [5, 5.41) is 3.30. The molecule has 98 valence electrons. The number of nitrogens with one attached hydrogen (secondary N) is 1. The first-order chi connectivity index (χ1) is 8.26. The maximum absolute atomic E-state index is 5.56. The molecular formula is C14H26N2O. The molecule has 3 nitrogen and oxygen atoms in total. The zero-order valence-electron chi connectivity index (χ0n) is 11.5. The summed E-state index contributed by atoms with van der Waals surface area (Å²) in [7, 11) is 2.15. The fraction of sp³-hybridized carbons (Fsp3) is 0.714. The Labute approximate surface area is 105 Å². The van der Waals surface area contributed by atoms with E-state index in [4.69, 9.17) is 4.42 Å². The van der Waals surface area contributed by atoms with Gasteiger partial charge < -0.3 is 9.73 Å². The van der Waals surface area contributed by atoms with Crippen molar-refractivity contribution in [1.29, 1.82) is 0 Å². The van der Waals surface area contributed by atoms with Gasteiger partial charge in [-0.15, -0.1) is 0 Å². The van der Waals surface area contributed by atoms with E-state index in [1.807, 2.05) is 6.26 Å². The molecule has 1 N–H and O–H groups in total. The molecule has 0 radical (unpaired) electrons. The van der Waals surface area contributed by atoms with Crippen LogP contribution in [0.25, 0.3) is 0 Å². The predicted octanol–water partition coefficient (Wildman–Crippen LogP) is 3.01. The molecule has 1 heterocycles. The molecule has 0 unspecified atom stereocenters. The summed E-state index contributed by atoms with van der Waals surface area (Å²) in [6.45, 7) is 8.31. The van der Waals surface area contributed by atoms with Gasteiger partial charge in [0.25, 0.3) is 0 Å². The van der Waals surface area contributed by atoms with Crippen molar-refractivity contribution in [3.8, 4) is 0 Å². The average Bonchev–Trinajstić information content (AvgIpc) is 2.74. The molecule has 3 heteroatoms. The number of unbranched alkanes of at least 4 members (excludes halogenated alkanes) is 2. The Hall–Kier alpha value is -0.800. The minimum atomic E-state index is 0.902. The average molecular weight is 238 g/mol. The van der Waals surface area contributed by atoms with Gasteiger partial charge in [-0.05, 0) is 32.6 Å². The topological polar surface area (TPSA) is 28.4 Å². The number of furan rings is 1. The lowest BCUT2D eigenvalue weighted by atomic mass is 10.2. The van der Waals surface area contributed by atoms with Gasteiger partial charge in [0.2, 0.25) is 0 Å². The van der Waals surface area contributed by atoms with Crippen LogP contribution in [0.5, 0.6) is 0 Å². The Morgan fingerprint density at radius 3 is 2.82 bits per heavy atom. The molecule has 0 aromatic carbocycles. The fourth-order valence-corrected chi connectivity index (χ4v) is 1.85. The van der Waals surface area contributed by atoms with E-state index in [1.165, 1.54) is 24.8 Å². The zero-order chi connectivity index (χ0) is 12.5. The summed E-state index contributed by atoms with van der Waals surface area (Å²) in [6.07, 6.45) is 5.73. The molecule has 1 aromatic rings. The van der Waals surface area contributed by atoms with Crippen molar-refractivity contribution in [1.82, 2.24) is 10.2 Å². The highest BCUT2D eigenvalue weighted by Gasteiger charge is 2.05. The molecule has 17 heavy (non-hydrogen) atoms. The van der Waals surface area contributed by atoms with Crippen LogP contribution in [0.4, 0.5) is 0 Å². The molecule has 0 atom stereocenters. The second kappa shape index (κ2) is 8.31. The molecule has 0 amide bonds. The van der Waals surface area contributed by atoms with Gasteiger partial charge in [0.15, 0.2) is 0 Å². The standard InChI is InChI=1S/C14H26N2O/c1-4-6-7-8-16(3)11-14-9-13(12-17-14)10-15-5-2/h9,12,15H,4-8,10-11H2,1-3H3. The third-order valence-electron chi connectivity index (χ3n) is 2.86. The van der Waals surface area contributed by atoms with Gasteiger partial charge in [0, 0.05) is 12.1 Å². The Morgan fingerprint density at radius 1 is 1.29 bits per heavy atom. The van der Waals surface area contributed by atoms with Crippen LogP contribution in [-0.4, -0.2) is 25.0 Å². The largest absolute Gasteiger partial charge is 0.468 e. The van der Waals surface area contributed by atoms with Crippen LogP contribution >= 0.6 is 0 Å². The maximum Gasteiger partial charge on any atom is 0.118 e. The third-order valence-corrected chi connectivity index (χ3v) is 2.86. The van der Waals surface area contributed by atoms with Crippen LogP contribution in [-0.2, 0) is 13.1 Å². The van der Waals surface area contributed by atoms with Gasteiger partial charge in [-0.3, -0.25) is 4.90 Å². The lowest BCUT2D eigenvalue weighted by molar-refractivity contribution is 0.289. The van der Waals surface area contributed by atoms with Crippen molar-refractivity contribution in [3.05, 3.63) is 23.7 Å². The van der Waals surface area contributed by atoms with Crippen LogP contribution in [0, 0.1) is 0 Å². The van der Waals surface area contributed by atoms with Gasteiger partial charge in [0.1, 0.15) is 5.76 Å². The van der Waals surface area contributed by atoms with Crippen LogP contribution < -0.4 is 5.32 Å². The minimum Gasteiger partial charge on any atom is -0.468 e. The number of nitrogens with zero attached hydrogens (tertiary/aromatic N) is 1. The predicted molar refractivity (Wildman–Crippen MR) is 71.9 cm³/mol. The molecule has 0 fully saturated rings. The van der Waals surface area contributed by atoms with E-state index in [2.05, 4.69) is 37.2 Å². The van der Waals surface area contributed by atoms with Crippen molar-refractivity contribution >= 4 is 0 Å². The highest BCUT2D eigenvalue weighted by molar-refractivity contribution is 5.12. The van der Waals surface area contributed by atoms with Gasteiger partial charge >= 0.3 is 0 Å². The first-order valence-corrected chi connectivity index (χ1v) is 6.71. The first kappa shape index (κ1) is 14.3. The van der Waals surface area contributed by atoms with Crippen molar-refractivity contribution in [3.63, 3.8) is 0 Å². The van der Waals surface area contributed by atoms with E-state index in [1.54, 1.807) is 0 Å². The van der Waals surface area contributed by atoms with E-state index < -0.39 is 0 Å². The number of hydrogen-bond acceptors (Lipinski definition) is 3. The maximum atomic E-state index is 5.56. The lowest BCUT2D eigenvalue weighted by Gasteiger charge is -2.14. The van der Waals surface area contributed by atoms with E-state index in [0.29, 0.717) is 0 Å². The van der Waals surface area contributed by atoms with E-state index in [9.17, 15) is 0 Å². The Kier molecular flexibility index (Phi) is 6.97. The molecule has 0 saturated heterocycles. The van der Waals surface area contributed by atoms with Gasteiger partial charge in [0.05, 0.1) is 12.8 Å². The SMILES string of the molecule is CCCCCN(C)Cc1cc(CNCC)co1. The van der Waals surface area contributed by atoms with Crippen molar-refractivity contribution in [2.45, 2.75) is 46.2 Å². The molecule has 1 rings (SSSR count). The normalized spacial score (nSPS) is 11.3. The van der Waals surface area contributed by atoms with E-state index >= 15 is 0 Å². The highest BCUT2D eigenvalue weighted by Crippen LogP contribution is 2.10. The van der Waals surface area contributed by atoms with Gasteiger partial charge in [-0.25, -0.2) is 0 Å². The van der Waals surface area contributed by atoms with Gasteiger partial charge in [-0.2, -0.15) is 0 Å². The Bertz CT molecular complexity index is 296. The van der Waals surface area contributed by atoms with Crippen molar-refractivity contribution in [2.24, 2.45) is 0 Å². The fourth-order valence-electron chi connectivity index (χ4n) is 1.85. The van der Waals surface area contributed by atoms with E-state index in [-0.39, 0.29) is 0 Å². The minimum absolute atomic E-state index is 0.902. The van der Waals surface area contributed by atoms with Crippen LogP contribution in [0.3, 0.4) is 0 Å². The molecule has 0 aliphatic carbocycles. The summed E-state index contributed by atoms with van der Waals surface area (Å²) < 4.78 is 5.56. The molecule has 0 aliphatic heterocycles. The Balaban J connectivity index is 2.27. The summed E-state index contributed by atoms with van der Waals surface area (Å²) in [5.74, 6) is 1.07. The second-order valence-electron chi connectivity index (χ2n) is 4.65. The molecule has 0 saturated carbocycles. The third kappa shape index (κ3) is 5.89. The Morgan fingerprint density at radius 2 is 2.12 bits per heavy atom. The summed E-state index contributed by atoms with van der Waals surface area (Å²) >= 11 is 0. The smallest absolute Gasteiger partial charge is 0.118 e. The molecule has 1 aromatic heterocycles. The molecule has 0 spiro atoms. The quantitative estimate of drug-likeness (QED) is 0.670. The molecule has 0 bridgehead atoms. The molecular weight excluding hydrogens is 212 g/mol. The van der Waals surface area contributed by atoms with Crippen LogP contribution in [0.15, 0.2) is 16.7 Å². The zero-order valence-corrected chi connectivity index (χ0v) is 11.5. The monoisotopic (exact) mass is 238 g/mol. The lowest BCUT2D eigenvalue weighted by Crippen LogP contribution is -2.18. The summed E-state index contributed by atoms with van der Waals surface area (Å²) in [6, 6.07) is 2.15. The summed E-state index contributed by atoms with van der Waals surface area (Å²) in [5.41, 5.74) is 1.24. The van der Waals surface area contributed by atoms with Gasteiger partial charge in [-0.1, -0.05) is 26.7 Å². The van der Waals surface area contributed by atoms with Crippen molar-refractivity contribution < 1.29 is 4.42 Å². The summed E-state index contributed by atoms with van der Waals surface area (Å²) in [4.78, 5) is 2.32.